The number of hydrogen-bond acceptors (Lipinski definition) is 3. The molecule has 1 amide bonds. The van der Waals surface area contributed by atoms with Crippen molar-refractivity contribution in [2.45, 2.75) is 0 Å². The van der Waals surface area contributed by atoms with Crippen LogP contribution in [0.25, 0.3) is 0 Å². The molecular weight excluding hydrogens is 429 g/mol. The highest BCUT2D eigenvalue weighted by Gasteiger charge is 2.16. The fourth-order valence-electron chi connectivity index (χ4n) is 2.52. The zero-order valence-electron chi connectivity index (χ0n) is 12.7. The average Bonchev–Trinajstić information content (AvgIpc) is 2.55. The van der Waals surface area contributed by atoms with Crippen LogP contribution in [-0.4, -0.2) is 32.2 Å². The number of hydrogen-bond donors (Lipinski definition) is 1. The molecule has 0 aliphatic carbocycles. The van der Waals surface area contributed by atoms with Crippen LogP contribution in [0.4, 0.5) is 20.2 Å². The first-order valence-corrected chi connectivity index (χ1v) is 8.51. The summed E-state index contributed by atoms with van der Waals surface area (Å²) < 4.78 is 33.2. The molecule has 7 heteroatoms. The summed E-state index contributed by atoms with van der Waals surface area (Å²) >= 11 is 1.89. The summed E-state index contributed by atoms with van der Waals surface area (Å²) in [6, 6.07) is 8.49. The monoisotopic (exact) mass is 444 g/mol. The Hall–Kier alpha value is -1.74. The van der Waals surface area contributed by atoms with Crippen molar-refractivity contribution in [1.82, 2.24) is 0 Å². The van der Waals surface area contributed by atoms with Gasteiger partial charge in [0.2, 0.25) is 0 Å². The number of anilines is 2. The highest BCUT2D eigenvalue weighted by atomic mass is 127. The number of carbonyl (C=O) groups excluding carboxylic acids is 1. The van der Waals surface area contributed by atoms with Crippen molar-refractivity contribution < 1.29 is 18.3 Å². The van der Waals surface area contributed by atoms with Crippen LogP contribution in [0.2, 0.25) is 0 Å². The van der Waals surface area contributed by atoms with E-state index in [1.165, 1.54) is 24.3 Å². The van der Waals surface area contributed by atoms with Gasteiger partial charge in [0.1, 0.15) is 11.6 Å². The van der Waals surface area contributed by atoms with Gasteiger partial charge in [-0.3, -0.25) is 4.79 Å². The van der Waals surface area contributed by atoms with Gasteiger partial charge in [-0.1, -0.05) is 0 Å². The Kier molecular flexibility index (Phi) is 5.30. The summed E-state index contributed by atoms with van der Waals surface area (Å²) in [6.07, 6.45) is 0. The Morgan fingerprint density at radius 3 is 2.54 bits per heavy atom. The Balaban J connectivity index is 1.75. The Morgan fingerprint density at radius 2 is 1.88 bits per heavy atom. The Bertz CT molecular complexity index is 764. The summed E-state index contributed by atoms with van der Waals surface area (Å²) in [7, 11) is 0. The lowest BCUT2D eigenvalue weighted by Crippen LogP contribution is -2.36. The first kappa shape index (κ1) is 17.1. The summed E-state index contributed by atoms with van der Waals surface area (Å²) in [4.78, 5) is 14.2. The summed E-state index contributed by atoms with van der Waals surface area (Å²) in [6.45, 7) is 2.41. The molecule has 0 radical (unpaired) electrons. The lowest BCUT2D eigenvalue weighted by atomic mass is 10.2. The zero-order valence-corrected chi connectivity index (χ0v) is 14.8. The maximum atomic E-state index is 14.3. The van der Waals surface area contributed by atoms with Gasteiger partial charge in [0.05, 0.1) is 24.5 Å². The van der Waals surface area contributed by atoms with Crippen molar-refractivity contribution in [1.29, 1.82) is 0 Å². The number of benzene rings is 2. The smallest absolute Gasteiger partial charge is 0.256 e. The van der Waals surface area contributed by atoms with Crippen LogP contribution in [0.5, 0.6) is 0 Å². The molecule has 0 aromatic heterocycles. The lowest BCUT2D eigenvalue weighted by Gasteiger charge is -2.29. The molecule has 1 aliphatic heterocycles. The van der Waals surface area contributed by atoms with Crippen molar-refractivity contribution in [2.24, 2.45) is 0 Å². The fourth-order valence-corrected chi connectivity index (χ4v) is 3.24. The van der Waals surface area contributed by atoms with E-state index in [0.29, 0.717) is 46.8 Å². The molecule has 24 heavy (non-hydrogen) atoms. The second-order valence-electron chi connectivity index (χ2n) is 5.34. The van der Waals surface area contributed by atoms with E-state index >= 15 is 0 Å². The van der Waals surface area contributed by atoms with Gasteiger partial charge in [-0.2, -0.15) is 0 Å². The Labute approximate surface area is 151 Å². The predicted octanol–water partition coefficient (Wildman–Crippen LogP) is 3.66. The molecule has 1 heterocycles. The molecule has 3 rings (SSSR count). The number of nitrogens with zero attached hydrogens (tertiary/aromatic N) is 1. The first-order valence-electron chi connectivity index (χ1n) is 7.43. The van der Waals surface area contributed by atoms with E-state index in [0.717, 1.165) is 0 Å². The maximum absolute atomic E-state index is 14.3. The quantitative estimate of drug-likeness (QED) is 0.736. The minimum Gasteiger partial charge on any atom is -0.378 e. The predicted molar refractivity (Wildman–Crippen MR) is 96.5 cm³/mol. The van der Waals surface area contributed by atoms with Gasteiger partial charge < -0.3 is 15.0 Å². The normalized spacial score (nSPS) is 14.5. The lowest BCUT2D eigenvalue weighted by molar-refractivity contribution is 0.102. The van der Waals surface area contributed by atoms with Crippen LogP contribution in [0.3, 0.4) is 0 Å². The molecule has 2 aromatic rings. The van der Waals surface area contributed by atoms with Crippen LogP contribution in [0.15, 0.2) is 36.4 Å². The van der Waals surface area contributed by atoms with Crippen LogP contribution >= 0.6 is 22.6 Å². The average molecular weight is 444 g/mol. The molecule has 0 spiro atoms. The van der Waals surface area contributed by atoms with Crippen LogP contribution in [0, 0.1) is 15.2 Å². The van der Waals surface area contributed by atoms with E-state index in [1.807, 2.05) is 27.5 Å². The number of halogens is 3. The summed E-state index contributed by atoms with van der Waals surface area (Å²) in [5.74, 6) is -1.21. The van der Waals surface area contributed by atoms with E-state index in [2.05, 4.69) is 5.32 Å². The van der Waals surface area contributed by atoms with Gasteiger partial charge in [0.15, 0.2) is 0 Å². The molecular formula is C17H15F2IN2O2. The van der Waals surface area contributed by atoms with Gasteiger partial charge in [-0.05, 0) is 59.0 Å². The third-order valence-corrected chi connectivity index (χ3v) is 4.63. The van der Waals surface area contributed by atoms with Crippen LogP contribution < -0.4 is 10.2 Å². The molecule has 1 fully saturated rings. The second-order valence-corrected chi connectivity index (χ2v) is 6.51. The van der Waals surface area contributed by atoms with E-state index in [4.69, 9.17) is 4.74 Å². The number of carbonyl (C=O) groups is 1. The molecule has 1 aliphatic rings. The topological polar surface area (TPSA) is 41.6 Å². The SMILES string of the molecule is O=C(Nc1ccc(N2CCOCC2)c(F)c1)c1ccc(F)cc1I. The molecule has 0 atom stereocenters. The molecule has 4 nitrogen and oxygen atoms in total. The van der Waals surface area contributed by atoms with Crippen molar-refractivity contribution in [3.63, 3.8) is 0 Å². The van der Waals surface area contributed by atoms with E-state index < -0.39 is 17.5 Å². The molecule has 2 aromatic carbocycles. The second kappa shape index (κ2) is 7.43. The maximum Gasteiger partial charge on any atom is 0.256 e. The summed E-state index contributed by atoms with van der Waals surface area (Å²) in [5, 5.41) is 2.64. The van der Waals surface area contributed by atoms with Gasteiger partial charge >= 0.3 is 0 Å². The third kappa shape index (κ3) is 3.84. The highest BCUT2D eigenvalue weighted by molar-refractivity contribution is 14.1. The molecule has 0 bridgehead atoms. The minimum atomic E-state index is -0.406. The van der Waals surface area contributed by atoms with Gasteiger partial charge in [-0.15, -0.1) is 0 Å². The standard InChI is InChI=1S/C17H15F2IN2O2/c18-11-1-3-13(15(20)9-11)17(23)21-12-2-4-16(14(19)10-12)22-5-7-24-8-6-22/h1-4,9-10H,5-8H2,(H,21,23). The molecule has 0 unspecified atom stereocenters. The number of nitrogens with one attached hydrogen (secondary N) is 1. The summed E-state index contributed by atoms with van der Waals surface area (Å²) in [5.41, 5.74) is 1.19. The first-order chi connectivity index (χ1) is 11.5. The zero-order chi connectivity index (χ0) is 17.1. The minimum absolute atomic E-state index is 0.342. The van der Waals surface area contributed by atoms with Crippen LogP contribution in [0.1, 0.15) is 10.4 Å². The van der Waals surface area contributed by atoms with Gasteiger partial charge in [0.25, 0.3) is 5.91 Å². The molecule has 1 N–H and O–H groups in total. The van der Waals surface area contributed by atoms with Crippen molar-refractivity contribution in [3.8, 4) is 0 Å². The van der Waals surface area contributed by atoms with E-state index in [9.17, 15) is 13.6 Å². The Morgan fingerprint density at radius 1 is 1.12 bits per heavy atom. The number of ether oxygens (including phenoxy) is 1. The van der Waals surface area contributed by atoms with E-state index in [1.54, 1.807) is 12.1 Å². The van der Waals surface area contributed by atoms with Crippen molar-refractivity contribution in [3.05, 3.63) is 57.2 Å². The molecule has 126 valence electrons. The number of amides is 1. The molecule has 1 saturated heterocycles. The van der Waals surface area contributed by atoms with Crippen molar-refractivity contribution >= 4 is 39.9 Å². The highest BCUT2D eigenvalue weighted by Crippen LogP contribution is 2.24. The third-order valence-electron chi connectivity index (χ3n) is 3.73. The van der Waals surface area contributed by atoms with E-state index in [-0.39, 0.29) is 0 Å². The van der Waals surface area contributed by atoms with Gasteiger partial charge in [0, 0.05) is 22.3 Å². The van der Waals surface area contributed by atoms with Crippen molar-refractivity contribution in [2.75, 3.05) is 36.5 Å². The number of morpholine rings is 1. The van der Waals surface area contributed by atoms with Crippen LogP contribution in [-0.2, 0) is 4.74 Å². The molecule has 0 saturated carbocycles. The largest absolute Gasteiger partial charge is 0.378 e. The fraction of sp³-hybridized carbons (Fsp3) is 0.235. The number of rotatable bonds is 3. The van der Waals surface area contributed by atoms with Gasteiger partial charge in [-0.25, -0.2) is 8.78 Å².